The second-order valence-electron chi connectivity index (χ2n) is 2.96. The molecule has 0 bridgehead atoms. The summed E-state index contributed by atoms with van der Waals surface area (Å²) in [5, 5.41) is 0. The van der Waals surface area contributed by atoms with Crippen molar-refractivity contribution in [2.24, 2.45) is 0 Å². The van der Waals surface area contributed by atoms with E-state index in [4.69, 9.17) is 12.2 Å². The molecule has 1 aromatic heterocycles. The van der Waals surface area contributed by atoms with Gasteiger partial charge in [-0.15, -0.1) is 0 Å². The first-order valence-corrected chi connectivity index (χ1v) is 4.57. The monoisotopic (exact) mass is 181 g/mol. The van der Waals surface area contributed by atoms with E-state index in [0.717, 1.165) is 18.9 Å². The maximum absolute atomic E-state index is 4.91. The molecule has 0 saturated carbocycles. The highest BCUT2D eigenvalue weighted by molar-refractivity contribution is 7.71. The zero-order chi connectivity index (χ0) is 8.39. The first-order chi connectivity index (χ1) is 5.86. The third-order valence-electron chi connectivity index (χ3n) is 2.09. The van der Waals surface area contributed by atoms with Crippen molar-refractivity contribution in [3.63, 3.8) is 0 Å². The smallest absolute Gasteiger partial charge is 0.144 e. The highest BCUT2D eigenvalue weighted by Crippen LogP contribution is 2.15. The number of hydrogen-bond acceptors (Lipinski definition) is 3. The molecule has 0 aromatic carbocycles. The van der Waals surface area contributed by atoms with E-state index >= 15 is 0 Å². The molecule has 0 unspecified atom stereocenters. The summed E-state index contributed by atoms with van der Waals surface area (Å²) in [5.41, 5.74) is 0. The minimum atomic E-state index is 0.693. The molecule has 4 heteroatoms. The van der Waals surface area contributed by atoms with Gasteiger partial charge in [0.25, 0.3) is 0 Å². The molecule has 0 amide bonds. The quantitative estimate of drug-likeness (QED) is 0.670. The number of aromatic amines is 1. The van der Waals surface area contributed by atoms with Gasteiger partial charge >= 0.3 is 0 Å². The largest absolute Gasteiger partial charge is 0.355 e. The zero-order valence-corrected chi connectivity index (χ0v) is 7.60. The highest BCUT2D eigenvalue weighted by atomic mass is 32.1. The van der Waals surface area contributed by atoms with Gasteiger partial charge in [0.1, 0.15) is 10.5 Å². The average molecular weight is 181 g/mol. The molecule has 1 N–H and O–H groups in total. The van der Waals surface area contributed by atoms with Crippen LogP contribution in [0, 0.1) is 4.64 Å². The number of nitrogens with one attached hydrogen (secondary N) is 1. The standard InChI is InChI=1S/C8H11N3S/c12-8-6-9-7(5-10-8)11-3-1-2-4-11/h5-6H,1-4H2,(H,10,12). The SMILES string of the molecule is S=c1cnc(N2CCCC2)c[nH]1. The van der Waals surface area contributed by atoms with E-state index in [-0.39, 0.29) is 0 Å². The van der Waals surface area contributed by atoms with Gasteiger partial charge < -0.3 is 9.88 Å². The van der Waals surface area contributed by atoms with Crippen molar-refractivity contribution in [3.05, 3.63) is 17.0 Å². The van der Waals surface area contributed by atoms with Crippen molar-refractivity contribution in [1.29, 1.82) is 0 Å². The number of nitrogens with zero attached hydrogens (tertiary/aromatic N) is 2. The fraction of sp³-hybridized carbons (Fsp3) is 0.500. The van der Waals surface area contributed by atoms with Gasteiger partial charge in [0.05, 0.1) is 6.20 Å². The van der Waals surface area contributed by atoms with Crippen LogP contribution in [0.2, 0.25) is 0 Å². The van der Waals surface area contributed by atoms with Crippen molar-refractivity contribution in [2.75, 3.05) is 18.0 Å². The van der Waals surface area contributed by atoms with Crippen LogP contribution in [0.15, 0.2) is 12.4 Å². The number of H-pyrrole nitrogens is 1. The molecule has 1 aliphatic heterocycles. The summed E-state index contributed by atoms with van der Waals surface area (Å²) in [4.78, 5) is 9.51. The van der Waals surface area contributed by atoms with Crippen LogP contribution in [-0.2, 0) is 0 Å². The Morgan fingerprint density at radius 2 is 2.17 bits per heavy atom. The Bertz CT molecular complexity index is 294. The lowest BCUT2D eigenvalue weighted by Gasteiger charge is -2.14. The molecule has 1 fully saturated rings. The van der Waals surface area contributed by atoms with Gasteiger partial charge in [-0.3, -0.25) is 0 Å². The van der Waals surface area contributed by atoms with Crippen LogP contribution in [0.25, 0.3) is 0 Å². The Morgan fingerprint density at radius 1 is 1.42 bits per heavy atom. The van der Waals surface area contributed by atoms with Gasteiger partial charge in [0.15, 0.2) is 0 Å². The van der Waals surface area contributed by atoms with Crippen molar-refractivity contribution in [2.45, 2.75) is 12.8 Å². The van der Waals surface area contributed by atoms with E-state index < -0.39 is 0 Å². The van der Waals surface area contributed by atoms with Gasteiger partial charge in [0, 0.05) is 19.3 Å². The van der Waals surface area contributed by atoms with Gasteiger partial charge in [-0.05, 0) is 12.8 Å². The number of anilines is 1. The molecule has 0 radical (unpaired) electrons. The Kier molecular flexibility index (Phi) is 2.08. The Labute approximate surface area is 76.4 Å². The van der Waals surface area contributed by atoms with Crippen LogP contribution in [0.4, 0.5) is 5.82 Å². The van der Waals surface area contributed by atoms with Gasteiger partial charge in [-0.2, -0.15) is 0 Å². The van der Waals surface area contributed by atoms with E-state index in [2.05, 4.69) is 14.9 Å². The second kappa shape index (κ2) is 3.23. The normalized spacial score (nSPS) is 16.8. The van der Waals surface area contributed by atoms with Crippen LogP contribution in [0.5, 0.6) is 0 Å². The van der Waals surface area contributed by atoms with E-state index in [1.807, 2.05) is 6.20 Å². The fourth-order valence-corrected chi connectivity index (χ4v) is 1.57. The lowest BCUT2D eigenvalue weighted by atomic mass is 10.4. The maximum Gasteiger partial charge on any atom is 0.144 e. The lowest BCUT2D eigenvalue weighted by molar-refractivity contribution is 0.925. The molecule has 2 rings (SSSR count). The van der Waals surface area contributed by atoms with Crippen molar-refractivity contribution < 1.29 is 0 Å². The molecule has 0 aliphatic carbocycles. The number of hydrogen-bond donors (Lipinski definition) is 1. The Hall–Kier alpha value is -0.900. The molecule has 1 saturated heterocycles. The second-order valence-corrected chi connectivity index (χ2v) is 3.40. The van der Waals surface area contributed by atoms with Crippen LogP contribution in [0.1, 0.15) is 12.8 Å². The van der Waals surface area contributed by atoms with E-state index in [1.54, 1.807) is 6.20 Å². The average Bonchev–Trinajstić information content (AvgIpc) is 2.58. The summed E-state index contributed by atoms with van der Waals surface area (Å²) in [6.45, 7) is 2.25. The molecule has 3 nitrogen and oxygen atoms in total. The summed E-state index contributed by atoms with van der Waals surface area (Å²) >= 11 is 4.91. The predicted molar refractivity (Wildman–Crippen MR) is 50.9 cm³/mol. The highest BCUT2D eigenvalue weighted by Gasteiger charge is 2.12. The van der Waals surface area contributed by atoms with E-state index in [0.29, 0.717) is 4.64 Å². The minimum Gasteiger partial charge on any atom is -0.355 e. The summed E-state index contributed by atoms with van der Waals surface area (Å²) in [6, 6.07) is 0. The summed E-state index contributed by atoms with van der Waals surface area (Å²) < 4.78 is 0.693. The van der Waals surface area contributed by atoms with E-state index in [9.17, 15) is 0 Å². The summed E-state index contributed by atoms with van der Waals surface area (Å²) in [5.74, 6) is 1.01. The molecule has 1 aromatic rings. The number of aromatic nitrogens is 2. The third kappa shape index (κ3) is 1.48. The molecule has 64 valence electrons. The summed E-state index contributed by atoms with van der Waals surface area (Å²) in [7, 11) is 0. The molecular formula is C8H11N3S. The molecule has 0 spiro atoms. The maximum atomic E-state index is 4.91. The summed E-state index contributed by atoms with van der Waals surface area (Å²) in [6.07, 6.45) is 6.13. The topological polar surface area (TPSA) is 31.9 Å². The molecule has 12 heavy (non-hydrogen) atoms. The van der Waals surface area contributed by atoms with Gasteiger partial charge in [0.2, 0.25) is 0 Å². The van der Waals surface area contributed by atoms with Crippen LogP contribution in [-0.4, -0.2) is 23.1 Å². The molecular weight excluding hydrogens is 170 g/mol. The van der Waals surface area contributed by atoms with E-state index in [1.165, 1.54) is 12.8 Å². The Morgan fingerprint density at radius 3 is 2.75 bits per heavy atom. The predicted octanol–water partition coefficient (Wildman–Crippen LogP) is 1.74. The fourth-order valence-electron chi connectivity index (χ4n) is 1.45. The molecule has 0 atom stereocenters. The minimum absolute atomic E-state index is 0.693. The number of rotatable bonds is 1. The Balaban J connectivity index is 2.22. The van der Waals surface area contributed by atoms with Crippen LogP contribution >= 0.6 is 12.2 Å². The zero-order valence-electron chi connectivity index (χ0n) is 6.79. The lowest BCUT2D eigenvalue weighted by Crippen LogP contribution is -2.18. The van der Waals surface area contributed by atoms with Crippen molar-refractivity contribution in [1.82, 2.24) is 9.97 Å². The molecule has 1 aliphatic rings. The van der Waals surface area contributed by atoms with Crippen molar-refractivity contribution >= 4 is 18.0 Å². The molecule has 2 heterocycles. The first-order valence-electron chi connectivity index (χ1n) is 4.16. The van der Waals surface area contributed by atoms with Gasteiger partial charge in [-0.1, -0.05) is 12.2 Å². The van der Waals surface area contributed by atoms with Crippen LogP contribution in [0.3, 0.4) is 0 Å². The van der Waals surface area contributed by atoms with Crippen molar-refractivity contribution in [3.8, 4) is 0 Å². The van der Waals surface area contributed by atoms with Crippen LogP contribution < -0.4 is 4.90 Å². The van der Waals surface area contributed by atoms with Gasteiger partial charge in [-0.25, -0.2) is 4.98 Å². The first kappa shape index (κ1) is 7.73. The third-order valence-corrected chi connectivity index (χ3v) is 2.31.